The van der Waals surface area contributed by atoms with Crippen LogP contribution < -0.4 is 0 Å². The monoisotopic (exact) mass is 296 g/mol. The molecule has 4 heterocycles. The number of rotatable bonds is 3. The fraction of sp³-hybridized carbons (Fsp3) is 0.143. The lowest BCUT2D eigenvalue weighted by Gasteiger charge is -2.08. The number of imidazole rings is 1. The van der Waals surface area contributed by atoms with Gasteiger partial charge < -0.3 is 4.57 Å². The van der Waals surface area contributed by atoms with Crippen molar-refractivity contribution in [1.29, 1.82) is 0 Å². The maximum Gasteiger partial charge on any atom is 0.155 e. The zero-order chi connectivity index (χ0) is 14.2. The third-order valence-electron chi connectivity index (χ3n) is 3.38. The van der Waals surface area contributed by atoms with Gasteiger partial charge in [0.2, 0.25) is 0 Å². The Kier molecular flexibility index (Phi) is 2.78. The second-order valence-corrected chi connectivity index (χ2v) is 5.55. The van der Waals surface area contributed by atoms with Crippen LogP contribution in [-0.2, 0) is 6.54 Å². The van der Waals surface area contributed by atoms with Gasteiger partial charge >= 0.3 is 0 Å². The molecule has 0 amide bonds. The maximum atomic E-state index is 4.47. The average Bonchev–Trinajstić information content (AvgIpc) is 3.19. The van der Waals surface area contributed by atoms with Gasteiger partial charge in [-0.3, -0.25) is 0 Å². The number of hydrogen-bond donors (Lipinski definition) is 0. The van der Waals surface area contributed by atoms with E-state index in [9.17, 15) is 0 Å². The van der Waals surface area contributed by atoms with E-state index >= 15 is 0 Å². The summed E-state index contributed by atoms with van der Waals surface area (Å²) in [5.74, 6) is 0.937. The van der Waals surface area contributed by atoms with Crippen LogP contribution in [0.25, 0.3) is 16.3 Å². The zero-order valence-electron chi connectivity index (χ0n) is 11.3. The van der Waals surface area contributed by atoms with Gasteiger partial charge in [-0.05, 0) is 19.1 Å². The van der Waals surface area contributed by atoms with Crippen LogP contribution in [0.3, 0.4) is 0 Å². The predicted molar refractivity (Wildman–Crippen MR) is 80.2 cm³/mol. The third-order valence-corrected chi connectivity index (χ3v) is 4.30. The number of nitrogens with zero attached hydrogens (tertiary/aromatic N) is 6. The molecule has 0 spiro atoms. The minimum Gasteiger partial charge on any atom is -0.324 e. The molecule has 0 unspecified atom stereocenters. The molecule has 0 fully saturated rings. The first-order valence-electron chi connectivity index (χ1n) is 6.52. The van der Waals surface area contributed by atoms with Crippen LogP contribution in [0.2, 0.25) is 0 Å². The Hall–Kier alpha value is -2.54. The number of pyridine rings is 1. The van der Waals surface area contributed by atoms with Crippen LogP contribution in [0.5, 0.6) is 0 Å². The second kappa shape index (κ2) is 4.78. The molecule has 0 aliphatic rings. The van der Waals surface area contributed by atoms with Gasteiger partial charge in [-0.25, -0.2) is 19.5 Å². The van der Waals surface area contributed by atoms with E-state index in [2.05, 4.69) is 24.6 Å². The number of aryl methyl sites for hydroxylation is 1. The third kappa shape index (κ3) is 2.02. The number of aromatic nitrogens is 6. The lowest BCUT2D eigenvalue weighted by atomic mass is 10.3. The van der Waals surface area contributed by atoms with Gasteiger partial charge in [-0.2, -0.15) is 5.10 Å². The zero-order valence-corrected chi connectivity index (χ0v) is 12.2. The van der Waals surface area contributed by atoms with E-state index in [0.717, 1.165) is 27.7 Å². The normalized spacial score (nSPS) is 11.3. The first-order chi connectivity index (χ1) is 10.3. The van der Waals surface area contributed by atoms with Gasteiger partial charge in [0, 0.05) is 12.4 Å². The van der Waals surface area contributed by atoms with Crippen molar-refractivity contribution in [2.24, 2.45) is 0 Å². The van der Waals surface area contributed by atoms with E-state index in [1.807, 2.05) is 47.5 Å². The molecule has 6 nitrogen and oxygen atoms in total. The molecule has 0 aromatic carbocycles. The van der Waals surface area contributed by atoms with E-state index < -0.39 is 0 Å². The first-order valence-corrected chi connectivity index (χ1v) is 7.40. The van der Waals surface area contributed by atoms with Gasteiger partial charge in [0.15, 0.2) is 11.5 Å². The summed E-state index contributed by atoms with van der Waals surface area (Å²) in [7, 11) is 0. The molecule has 0 saturated heterocycles. The van der Waals surface area contributed by atoms with E-state index in [1.54, 1.807) is 17.7 Å². The van der Waals surface area contributed by atoms with Crippen LogP contribution in [0.1, 0.15) is 11.4 Å². The quantitative estimate of drug-likeness (QED) is 0.582. The molecule has 7 heteroatoms. The van der Waals surface area contributed by atoms with Crippen molar-refractivity contribution in [2.45, 2.75) is 13.5 Å². The fourth-order valence-electron chi connectivity index (χ4n) is 2.36. The maximum absolute atomic E-state index is 4.47. The molecule has 0 N–H and O–H groups in total. The molecule has 4 aromatic rings. The van der Waals surface area contributed by atoms with E-state index in [-0.39, 0.29) is 0 Å². The van der Waals surface area contributed by atoms with Gasteiger partial charge in [-0.15, -0.1) is 11.3 Å². The lowest BCUT2D eigenvalue weighted by molar-refractivity contribution is 0.741. The van der Waals surface area contributed by atoms with Crippen LogP contribution in [0.15, 0.2) is 42.4 Å². The Bertz CT molecular complexity index is 903. The molecule has 0 bridgehead atoms. The molecule has 0 saturated carbocycles. The summed E-state index contributed by atoms with van der Waals surface area (Å²) >= 11 is 1.61. The van der Waals surface area contributed by atoms with Crippen molar-refractivity contribution in [1.82, 2.24) is 29.1 Å². The fourth-order valence-corrected chi connectivity index (χ4v) is 3.17. The summed E-state index contributed by atoms with van der Waals surface area (Å²) in [5, 5.41) is 4.27. The minimum atomic E-state index is 0.688. The van der Waals surface area contributed by atoms with Gasteiger partial charge in [0.05, 0.1) is 28.3 Å². The molecule has 0 atom stereocenters. The predicted octanol–water partition coefficient (Wildman–Crippen LogP) is 2.41. The summed E-state index contributed by atoms with van der Waals surface area (Å²) < 4.78 is 3.96. The van der Waals surface area contributed by atoms with Crippen LogP contribution >= 0.6 is 11.3 Å². The number of thiazole rings is 1. The minimum absolute atomic E-state index is 0.688. The van der Waals surface area contributed by atoms with Crippen molar-refractivity contribution in [3.63, 3.8) is 0 Å². The van der Waals surface area contributed by atoms with Crippen molar-refractivity contribution >= 4 is 17.0 Å². The van der Waals surface area contributed by atoms with Crippen molar-refractivity contribution in [3.05, 3.63) is 53.8 Å². The largest absolute Gasteiger partial charge is 0.324 e. The molecule has 0 aliphatic carbocycles. The van der Waals surface area contributed by atoms with Crippen LogP contribution in [0, 0.1) is 6.92 Å². The highest BCUT2D eigenvalue weighted by atomic mass is 32.1. The molecular weight excluding hydrogens is 284 g/mol. The number of fused-ring (bicyclic) bond motifs is 1. The van der Waals surface area contributed by atoms with Crippen molar-refractivity contribution < 1.29 is 0 Å². The van der Waals surface area contributed by atoms with Crippen LogP contribution in [0.4, 0.5) is 0 Å². The lowest BCUT2D eigenvalue weighted by Crippen LogP contribution is -2.06. The van der Waals surface area contributed by atoms with Gasteiger partial charge in [0.25, 0.3) is 0 Å². The van der Waals surface area contributed by atoms with E-state index in [4.69, 9.17) is 0 Å². The first kappa shape index (κ1) is 12.2. The summed E-state index contributed by atoms with van der Waals surface area (Å²) in [6.45, 7) is 2.69. The topological polar surface area (TPSA) is 60.9 Å². The summed E-state index contributed by atoms with van der Waals surface area (Å²) in [5.41, 5.74) is 4.77. The Morgan fingerprint density at radius 1 is 1.19 bits per heavy atom. The van der Waals surface area contributed by atoms with Crippen molar-refractivity contribution in [2.75, 3.05) is 0 Å². The van der Waals surface area contributed by atoms with E-state index in [0.29, 0.717) is 6.54 Å². The smallest absolute Gasteiger partial charge is 0.155 e. The van der Waals surface area contributed by atoms with Gasteiger partial charge in [0.1, 0.15) is 6.33 Å². The van der Waals surface area contributed by atoms with E-state index in [1.165, 1.54) is 0 Å². The Morgan fingerprint density at radius 3 is 3.00 bits per heavy atom. The summed E-state index contributed by atoms with van der Waals surface area (Å²) in [4.78, 5) is 14.1. The highest BCUT2D eigenvalue weighted by Gasteiger charge is 2.12. The van der Waals surface area contributed by atoms with Gasteiger partial charge in [-0.1, -0.05) is 6.07 Å². The molecule has 21 heavy (non-hydrogen) atoms. The highest BCUT2D eigenvalue weighted by molar-refractivity contribution is 7.13. The molecule has 0 aliphatic heterocycles. The molecule has 104 valence electrons. The summed E-state index contributed by atoms with van der Waals surface area (Å²) in [6, 6.07) is 5.98. The Morgan fingerprint density at radius 2 is 2.14 bits per heavy atom. The standard InChI is InChI=1S/C14H12N6S/c1-10-13(21-9-17-10)14-15-5-6-19(14)7-11-3-2-4-12-16-8-18-20(11)12/h2-6,8-9H,7H2,1H3. The molecule has 4 aromatic heterocycles. The average molecular weight is 296 g/mol. The molecule has 4 rings (SSSR count). The second-order valence-electron chi connectivity index (χ2n) is 4.69. The number of hydrogen-bond acceptors (Lipinski definition) is 5. The van der Waals surface area contributed by atoms with Crippen LogP contribution in [-0.4, -0.2) is 29.1 Å². The highest BCUT2D eigenvalue weighted by Crippen LogP contribution is 2.26. The Balaban J connectivity index is 1.78. The molecular formula is C14H12N6S. The molecule has 0 radical (unpaired) electrons. The SMILES string of the molecule is Cc1ncsc1-c1nccn1Cc1cccc2ncnn12. The Labute approximate surface area is 124 Å². The summed E-state index contributed by atoms with van der Waals surface area (Å²) in [6.07, 6.45) is 5.36. The van der Waals surface area contributed by atoms with Crippen molar-refractivity contribution in [3.8, 4) is 10.7 Å².